The van der Waals surface area contributed by atoms with Gasteiger partial charge >= 0.3 is 0 Å². The van der Waals surface area contributed by atoms with Gasteiger partial charge in [-0.25, -0.2) is 13.1 Å². The van der Waals surface area contributed by atoms with Gasteiger partial charge in [0, 0.05) is 21.7 Å². The molecule has 0 bridgehead atoms. The zero-order valence-corrected chi connectivity index (χ0v) is 16.3. The van der Waals surface area contributed by atoms with Crippen molar-refractivity contribution in [2.75, 3.05) is 11.6 Å². The number of anilines is 1. The van der Waals surface area contributed by atoms with Gasteiger partial charge in [0.2, 0.25) is 10.0 Å². The van der Waals surface area contributed by atoms with E-state index in [0.29, 0.717) is 11.3 Å². The fraction of sp³-hybridized carbons (Fsp3) is 0.278. The lowest BCUT2D eigenvalue weighted by molar-refractivity contribution is 0.102. The van der Waals surface area contributed by atoms with Gasteiger partial charge in [0.05, 0.1) is 4.90 Å². The van der Waals surface area contributed by atoms with E-state index in [9.17, 15) is 13.2 Å². The van der Waals surface area contributed by atoms with Crippen molar-refractivity contribution in [1.82, 2.24) is 4.72 Å². The molecule has 0 aliphatic heterocycles. The van der Waals surface area contributed by atoms with Crippen molar-refractivity contribution in [1.29, 1.82) is 0 Å². The molecule has 0 saturated carbocycles. The molecule has 0 saturated heterocycles. The van der Waals surface area contributed by atoms with Crippen LogP contribution in [0, 0.1) is 0 Å². The Balaban J connectivity index is 2.19. The van der Waals surface area contributed by atoms with Crippen molar-refractivity contribution in [2.24, 2.45) is 0 Å². The molecule has 0 radical (unpaired) electrons. The molecular weight excluding hydrogens is 356 g/mol. The van der Waals surface area contributed by atoms with E-state index in [0.717, 1.165) is 4.90 Å². The van der Waals surface area contributed by atoms with Gasteiger partial charge in [0.1, 0.15) is 0 Å². The number of carbonyl (C=O) groups excluding carboxylic acids is 1. The fourth-order valence-corrected chi connectivity index (χ4v) is 4.02. The molecule has 25 heavy (non-hydrogen) atoms. The number of amides is 1. The van der Waals surface area contributed by atoms with Crippen LogP contribution in [0.3, 0.4) is 0 Å². The van der Waals surface area contributed by atoms with Crippen LogP contribution in [0.5, 0.6) is 0 Å². The van der Waals surface area contributed by atoms with Gasteiger partial charge in [0.25, 0.3) is 5.91 Å². The molecule has 2 aromatic carbocycles. The van der Waals surface area contributed by atoms with Crippen molar-refractivity contribution in [3.05, 3.63) is 54.1 Å². The van der Waals surface area contributed by atoms with E-state index in [2.05, 4.69) is 10.0 Å². The summed E-state index contributed by atoms with van der Waals surface area (Å²) in [4.78, 5) is 13.5. The molecule has 0 aliphatic rings. The summed E-state index contributed by atoms with van der Waals surface area (Å²) in [7, 11) is -3.65. The smallest absolute Gasteiger partial charge is 0.255 e. The molecule has 0 aliphatic carbocycles. The Bertz CT molecular complexity index is 855. The molecule has 0 aromatic heterocycles. The summed E-state index contributed by atoms with van der Waals surface area (Å²) in [5, 5.41) is 2.73. The summed E-state index contributed by atoms with van der Waals surface area (Å²) < 4.78 is 27.4. The van der Waals surface area contributed by atoms with Gasteiger partial charge in [-0.15, -0.1) is 11.8 Å². The van der Waals surface area contributed by atoms with E-state index in [4.69, 9.17) is 0 Å². The molecule has 134 valence electrons. The van der Waals surface area contributed by atoms with Gasteiger partial charge < -0.3 is 5.32 Å². The predicted molar refractivity (Wildman–Crippen MR) is 103 cm³/mol. The second-order valence-corrected chi connectivity index (χ2v) is 9.13. The van der Waals surface area contributed by atoms with Crippen molar-refractivity contribution < 1.29 is 13.2 Å². The molecular formula is C18H22N2O3S2. The van der Waals surface area contributed by atoms with Crippen LogP contribution in [-0.2, 0) is 10.0 Å². The van der Waals surface area contributed by atoms with E-state index in [1.54, 1.807) is 56.8 Å². The third kappa shape index (κ3) is 5.59. The first-order chi connectivity index (χ1) is 11.6. The Morgan fingerprint density at radius 3 is 2.24 bits per heavy atom. The molecule has 0 spiro atoms. The summed E-state index contributed by atoms with van der Waals surface area (Å²) in [6, 6.07) is 13.4. The van der Waals surface area contributed by atoms with Crippen LogP contribution in [-0.4, -0.2) is 26.1 Å². The second-order valence-electron chi connectivity index (χ2n) is 6.57. The number of thioether (sulfide) groups is 1. The molecule has 5 nitrogen and oxygen atoms in total. The summed E-state index contributed by atoms with van der Waals surface area (Å²) in [5.74, 6) is -0.286. The van der Waals surface area contributed by atoms with E-state index in [1.807, 2.05) is 18.4 Å². The van der Waals surface area contributed by atoms with Gasteiger partial charge in [0.15, 0.2) is 0 Å². The van der Waals surface area contributed by atoms with Crippen molar-refractivity contribution in [3.63, 3.8) is 0 Å². The summed E-state index contributed by atoms with van der Waals surface area (Å²) in [6.07, 6.45) is 1.96. The van der Waals surface area contributed by atoms with Crippen molar-refractivity contribution in [3.8, 4) is 0 Å². The maximum atomic E-state index is 12.4. The SMILES string of the molecule is CSc1ccc(C(=O)Nc2cccc(S(=O)(=O)NC(C)(C)C)c2)cc1. The lowest BCUT2D eigenvalue weighted by Crippen LogP contribution is -2.40. The van der Waals surface area contributed by atoms with E-state index < -0.39 is 15.6 Å². The van der Waals surface area contributed by atoms with E-state index >= 15 is 0 Å². The molecule has 2 rings (SSSR count). The third-order valence-electron chi connectivity index (χ3n) is 3.19. The lowest BCUT2D eigenvalue weighted by Gasteiger charge is -2.20. The summed E-state index contributed by atoms with van der Waals surface area (Å²) >= 11 is 1.60. The molecule has 0 unspecified atom stereocenters. The molecule has 0 fully saturated rings. The Labute approximate surface area is 153 Å². The minimum absolute atomic E-state index is 0.109. The average Bonchev–Trinajstić information content (AvgIpc) is 2.53. The number of carbonyl (C=O) groups is 1. The first kappa shape index (κ1) is 19.5. The van der Waals surface area contributed by atoms with E-state index in [1.165, 1.54) is 12.1 Å². The minimum atomic E-state index is -3.65. The second kappa shape index (κ2) is 7.59. The number of sulfonamides is 1. The third-order valence-corrected chi connectivity index (χ3v) is 5.69. The number of hydrogen-bond donors (Lipinski definition) is 2. The van der Waals surface area contributed by atoms with Crippen LogP contribution >= 0.6 is 11.8 Å². The van der Waals surface area contributed by atoms with Gasteiger partial charge in [-0.1, -0.05) is 6.07 Å². The fourth-order valence-electron chi connectivity index (χ4n) is 2.15. The zero-order valence-electron chi connectivity index (χ0n) is 14.7. The van der Waals surface area contributed by atoms with Gasteiger partial charge in [-0.2, -0.15) is 0 Å². The van der Waals surface area contributed by atoms with Crippen LogP contribution < -0.4 is 10.0 Å². The largest absolute Gasteiger partial charge is 0.322 e. The van der Waals surface area contributed by atoms with Crippen LogP contribution in [0.25, 0.3) is 0 Å². The maximum Gasteiger partial charge on any atom is 0.255 e. The van der Waals surface area contributed by atoms with Crippen molar-refractivity contribution in [2.45, 2.75) is 36.1 Å². The van der Waals surface area contributed by atoms with Gasteiger partial charge in [-0.3, -0.25) is 4.79 Å². The van der Waals surface area contributed by atoms with Crippen LogP contribution in [0.1, 0.15) is 31.1 Å². The molecule has 2 N–H and O–H groups in total. The Morgan fingerprint density at radius 2 is 1.68 bits per heavy atom. The quantitative estimate of drug-likeness (QED) is 0.777. The normalized spacial score (nSPS) is 12.0. The van der Waals surface area contributed by atoms with E-state index in [-0.39, 0.29) is 10.8 Å². The number of rotatable bonds is 5. The predicted octanol–water partition coefficient (Wildman–Crippen LogP) is 3.74. The Kier molecular flexibility index (Phi) is 5.92. The van der Waals surface area contributed by atoms with Crippen LogP contribution in [0.2, 0.25) is 0 Å². The molecule has 0 atom stereocenters. The highest BCUT2D eigenvalue weighted by molar-refractivity contribution is 7.98. The standard InChI is InChI=1S/C18H22N2O3S2/c1-18(2,3)20-25(22,23)16-7-5-6-14(12-16)19-17(21)13-8-10-15(24-4)11-9-13/h5-12,20H,1-4H3,(H,19,21). The zero-order chi connectivity index (χ0) is 18.7. The van der Waals surface area contributed by atoms with Crippen molar-refractivity contribution >= 4 is 33.4 Å². The lowest BCUT2D eigenvalue weighted by atomic mass is 10.1. The van der Waals surface area contributed by atoms with Crippen LogP contribution in [0.4, 0.5) is 5.69 Å². The monoisotopic (exact) mass is 378 g/mol. The number of hydrogen-bond acceptors (Lipinski definition) is 4. The molecule has 2 aromatic rings. The molecule has 0 heterocycles. The topological polar surface area (TPSA) is 75.3 Å². The molecule has 1 amide bonds. The minimum Gasteiger partial charge on any atom is -0.322 e. The van der Waals surface area contributed by atoms with Crippen LogP contribution in [0.15, 0.2) is 58.3 Å². The Morgan fingerprint density at radius 1 is 1.04 bits per heavy atom. The Hall–Kier alpha value is -1.83. The number of benzene rings is 2. The molecule has 7 heteroatoms. The highest BCUT2D eigenvalue weighted by atomic mass is 32.2. The summed E-state index contributed by atoms with van der Waals surface area (Å²) in [5.41, 5.74) is 0.353. The first-order valence-electron chi connectivity index (χ1n) is 7.70. The maximum absolute atomic E-state index is 12.4. The summed E-state index contributed by atoms with van der Waals surface area (Å²) in [6.45, 7) is 5.32. The van der Waals surface area contributed by atoms with Gasteiger partial charge in [-0.05, 0) is 69.5 Å². The number of nitrogens with one attached hydrogen (secondary N) is 2. The first-order valence-corrected chi connectivity index (χ1v) is 10.4. The highest BCUT2D eigenvalue weighted by Crippen LogP contribution is 2.19. The highest BCUT2D eigenvalue weighted by Gasteiger charge is 2.22. The average molecular weight is 379 g/mol.